The van der Waals surface area contributed by atoms with Crippen LogP contribution in [0, 0.1) is 5.41 Å². The predicted octanol–water partition coefficient (Wildman–Crippen LogP) is 3.23. The molecule has 182 valence electrons. The van der Waals surface area contributed by atoms with Gasteiger partial charge >= 0.3 is 5.97 Å². The molecule has 0 fully saturated rings. The summed E-state index contributed by atoms with van der Waals surface area (Å²) in [5.41, 5.74) is 1.14. The number of benzene rings is 1. The molecule has 1 atom stereocenters. The fraction of sp³-hybridized carbons (Fsp3) is 0.385. The van der Waals surface area contributed by atoms with Crippen molar-refractivity contribution >= 4 is 22.8 Å². The largest absolute Gasteiger partial charge is 0.497 e. The molecule has 2 aliphatic heterocycles. The maximum Gasteiger partial charge on any atom is 0.343 e. The lowest BCUT2D eigenvalue weighted by atomic mass is 9.86. The summed E-state index contributed by atoms with van der Waals surface area (Å²) >= 11 is 0. The monoisotopic (exact) mass is 477 g/mol. The van der Waals surface area contributed by atoms with Crippen LogP contribution >= 0.6 is 0 Å². The van der Waals surface area contributed by atoms with Gasteiger partial charge in [0.1, 0.15) is 12.4 Å². The molecular formula is C26H27N3O6. The summed E-state index contributed by atoms with van der Waals surface area (Å²) in [6, 6.07) is 7.07. The summed E-state index contributed by atoms with van der Waals surface area (Å²) in [5.74, 6) is -0.140. The average Bonchev–Trinajstić information content (AvgIpc) is 3.23. The highest BCUT2D eigenvalue weighted by atomic mass is 16.6. The SMILES string of the molecule is CCCCOC(=N)c1c2c(nc3ccc(OC)cc13)-c1cc3c(c(=O)n1C2)COC(=O)C3(O)CC. The maximum absolute atomic E-state index is 13.5. The minimum Gasteiger partial charge on any atom is -0.497 e. The standard InChI is InChI=1S/C26H27N3O6/c1-4-6-9-34-23(27)21-15-10-14(33-3)7-8-19(15)28-22-16(21)12-29-20(22)11-18-17(24(29)30)13-35-25(31)26(18,32)5-2/h7-8,10-11,27,32H,4-6,9,12-13H2,1-3H3. The van der Waals surface area contributed by atoms with E-state index in [0.29, 0.717) is 45.8 Å². The number of carbonyl (C=O) groups excluding carboxylic acids is 1. The third kappa shape index (κ3) is 3.41. The Kier molecular flexibility index (Phi) is 5.59. The topological polar surface area (TPSA) is 124 Å². The number of cyclic esters (lactones) is 1. The first-order valence-electron chi connectivity index (χ1n) is 11.7. The molecule has 0 spiro atoms. The van der Waals surface area contributed by atoms with Gasteiger partial charge in [0, 0.05) is 16.5 Å². The molecule has 4 heterocycles. The molecule has 2 N–H and O–H groups in total. The molecule has 0 radical (unpaired) electrons. The molecule has 2 aliphatic rings. The molecule has 3 aromatic rings. The van der Waals surface area contributed by atoms with E-state index in [1.54, 1.807) is 36.8 Å². The molecular weight excluding hydrogens is 450 g/mol. The summed E-state index contributed by atoms with van der Waals surface area (Å²) in [6.07, 6.45) is 1.82. The predicted molar refractivity (Wildman–Crippen MR) is 129 cm³/mol. The molecule has 0 saturated heterocycles. The van der Waals surface area contributed by atoms with Crippen molar-refractivity contribution in [2.75, 3.05) is 13.7 Å². The molecule has 5 rings (SSSR count). The van der Waals surface area contributed by atoms with E-state index in [2.05, 4.69) is 0 Å². The zero-order valence-corrected chi connectivity index (χ0v) is 19.9. The minimum atomic E-state index is -1.89. The van der Waals surface area contributed by atoms with E-state index in [4.69, 9.17) is 24.6 Å². The fourth-order valence-corrected chi connectivity index (χ4v) is 4.84. The van der Waals surface area contributed by atoms with Gasteiger partial charge < -0.3 is 23.9 Å². The highest BCUT2D eigenvalue weighted by Gasteiger charge is 2.45. The smallest absolute Gasteiger partial charge is 0.343 e. The number of rotatable bonds is 6. The molecule has 1 aromatic carbocycles. The number of pyridine rings is 2. The third-order valence-corrected chi connectivity index (χ3v) is 6.87. The number of unbranched alkanes of at least 4 members (excludes halogenated alkanes) is 1. The first kappa shape index (κ1) is 23.0. The lowest BCUT2D eigenvalue weighted by Crippen LogP contribution is -2.44. The van der Waals surface area contributed by atoms with Gasteiger partial charge in [0.05, 0.1) is 48.3 Å². The lowest BCUT2D eigenvalue weighted by Gasteiger charge is -2.31. The fourth-order valence-electron chi connectivity index (χ4n) is 4.84. The van der Waals surface area contributed by atoms with Crippen LogP contribution in [0.4, 0.5) is 0 Å². The molecule has 0 amide bonds. The van der Waals surface area contributed by atoms with Crippen LogP contribution in [0.5, 0.6) is 5.75 Å². The molecule has 35 heavy (non-hydrogen) atoms. The van der Waals surface area contributed by atoms with E-state index >= 15 is 0 Å². The van der Waals surface area contributed by atoms with Gasteiger partial charge in [-0.15, -0.1) is 0 Å². The Hall–Kier alpha value is -3.72. The number of ether oxygens (including phenoxy) is 3. The number of carbonyl (C=O) groups is 1. The Labute approximate surface area is 201 Å². The second kappa shape index (κ2) is 8.49. The molecule has 9 nitrogen and oxygen atoms in total. The molecule has 2 aromatic heterocycles. The summed E-state index contributed by atoms with van der Waals surface area (Å²) in [4.78, 5) is 30.7. The molecule has 1 unspecified atom stereocenters. The van der Waals surface area contributed by atoms with Crippen molar-refractivity contribution in [1.82, 2.24) is 9.55 Å². The molecule has 9 heteroatoms. The van der Waals surface area contributed by atoms with Gasteiger partial charge in [-0.25, -0.2) is 9.78 Å². The maximum atomic E-state index is 13.5. The Balaban J connectivity index is 1.76. The van der Waals surface area contributed by atoms with Crippen molar-refractivity contribution in [3.63, 3.8) is 0 Å². The van der Waals surface area contributed by atoms with E-state index in [0.717, 1.165) is 12.8 Å². The highest BCUT2D eigenvalue weighted by Crippen LogP contribution is 2.40. The van der Waals surface area contributed by atoms with Crippen LogP contribution in [0.15, 0.2) is 29.1 Å². The van der Waals surface area contributed by atoms with Crippen molar-refractivity contribution in [3.8, 4) is 17.1 Å². The van der Waals surface area contributed by atoms with Crippen LogP contribution in [0.2, 0.25) is 0 Å². The van der Waals surface area contributed by atoms with Crippen LogP contribution in [0.3, 0.4) is 0 Å². The van der Waals surface area contributed by atoms with E-state index in [-0.39, 0.29) is 42.2 Å². The Morgan fingerprint density at radius 2 is 2.06 bits per heavy atom. The number of fused-ring (bicyclic) bond motifs is 5. The number of hydrogen-bond donors (Lipinski definition) is 2. The zero-order chi connectivity index (χ0) is 24.9. The van der Waals surface area contributed by atoms with Crippen LogP contribution in [0.25, 0.3) is 22.3 Å². The summed E-state index contributed by atoms with van der Waals surface area (Å²) in [6.45, 7) is 4.11. The van der Waals surface area contributed by atoms with Gasteiger partial charge in [0.15, 0.2) is 5.60 Å². The average molecular weight is 478 g/mol. The van der Waals surface area contributed by atoms with Gasteiger partial charge in [0.25, 0.3) is 5.56 Å². The Morgan fingerprint density at radius 3 is 2.77 bits per heavy atom. The first-order chi connectivity index (χ1) is 16.8. The molecule has 0 saturated carbocycles. The van der Waals surface area contributed by atoms with Crippen molar-refractivity contribution in [2.45, 2.75) is 51.9 Å². The van der Waals surface area contributed by atoms with Crippen molar-refractivity contribution < 1.29 is 24.1 Å². The van der Waals surface area contributed by atoms with Gasteiger partial charge in [-0.1, -0.05) is 20.3 Å². The first-order valence-corrected chi connectivity index (χ1v) is 11.7. The number of nitrogens with zero attached hydrogens (tertiary/aromatic N) is 2. The number of methoxy groups -OCH3 is 1. The number of nitrogens with one attached hydrogen (secondary N) is 1. The number of aromatic nitrogens is 2. The van der Waals surface area contributed by atoms with Gasteiger partial charge in [-0.05, 0) is 37.1 Å². The Morgan fingerprint density at radius 1 is 1.26 bits per heavy atom. The number of hydrogen-bond acceptors (Lipinski definition) is 8. The normalized spacial score (nSPS) is 18.0. The summed E-state index contributed by atoms with van der Waals surface area (Å²) < 4.78 is 17.9. The minimum absolute atomic E-state index is 0.00421. The number of aliphatic hydroxyl groups is 1. The van der Waals surface area contributed by atoms with Crippen LogP contribution in [-0.2, 0) is 33.0 Å². The molecule has 0 bridgehead atoms. The van der Waals surface area contributed by atoms with Crippen molar-refractivity contribution in [2.24, 2.45) is 0 Å². The summed E-state index contributed by atoms with van der Waals surface area (Å²) in [7, 11) is 1.57. The van der Waals surface area contributed by atoms with Gasteiger partial charge in [-0.3, -0.25) is 10.2 Å². The Bertz CT molecular complexity index is 1440. The van der Waals surface area contributed by atoms with Gasteiger partial charge in [0.2, 0.25) is 5.90 Å². The van der Waals surface area contributed by atoms with Crippen LogP contribution in [-0.4, -0.2) is 40.2 Å². The highest BCUT2D eigenvalue weighted by molar-refractivity contribution is 6.08. The van der Waals surface area contributed by atoms with Crippen molar-refractivity contribution in [3.05, 3.63) is 56.9 Å². The van der Waals surface area contributed by atoms with E-state index in [9.17, 15) is 14.7 Å². The van der Waals surface area contributed by atoms with Crippen molar-refractivity contribution in [1.29, 1.82) is 5.41 Å². The van der Waals surface area contributed by atoms with Gasteiger partial charge in [-0.2, -0.15) is 0 Å². The number of esters is 1. The second-order valence-corrected chi connectivity index (χ2v) is 8.83. The quantitative estimate of drug-likeness (QED) is 0.189. The third-order valence-electron chi connectivity index (χ3n) is 6.87. The summed E-state index contributed by atoms with van der Waals surface area (Å²) in [5, 5.41) is 20.5. The van der Waals surface area contributed by atoms with Crippen LogP contribution < -0.4 is 10.3 Å². The lowest BCUT2D eigenvalue weighted by molar-refractivity contribution is -0.172. The molecule has 0 aliphatic carbocycles. The van der Waals surface area contributed by atoms with Crippen LogP contribution in [0.1, 0.15) is 55.4 Å². The van der Waals surface area contributed by atoms with E-state index in [1.165, 1.54) is 0 Å². The zero-order valence-electron chi connectivity index (χ0n) is 19.9. The van der Waals surface area contributed by atoms with E-state index in [1.807, 2.05) is 13.0 Å². The second-order valence-electron chi connectivity index (χ2n) is 8.83. The van der Waals surface area contributed by atoms with E-state index < -0.39 is 11.6 Å².